The monoisotopic (exact) mass is 128 g/mol. The van der Waals surface area contributed by atoms with Crippen molar-refractivity contribution in [3.8, 4) is 0 Å². The van der Waals surface area contributed by atoms with Crippen LogP contribution in [-0.4, -0.2) is 17.5 Å². The van der Waals surface area contributed by atoms with Crippen LogP contribution >= 0.6 is 0 Å². The number of hydrogen-bond acceptors (Lipinski definition) is 2. The Morgan fingerprint density at radius 1 is 1.67 bits per heavy atom. The Bertz CT molecular complexity index is 105. The van der Waals surface area contributed by atoms with E-state index in [1.54, 1.807) is 6.08 Å². The molecule has 0 heterocycles. The lowest BCUT2D eigenvalue weighted by atomic mass is 10.3. The summed E-state index contributed by atoms with van der Waals surface area (Å²) in [5, 5.41) is 8.23. The fourth-order valence-electron chi connectivity index (χ4n) is 0.434. The van der Waals surface area contributed by atoms with E-state index in [1.165, 1.54) is 6.08 Å². The minimum absolute atomic E-state index is 0.219. The summed E-state index contributed by atoms with van der Waals surface area (Å²) in [7, 11) is 0. The smallest absolute Gasteiger partial charge is 0.180 e. The van der Waals surface area contributed by atoms with Gasteiger partial charge in [-0.15, -0.1) is 0 Å². The molecule has 0 atom stereocenters. The van der Waals surface area contributed by atoms with Crippen LogP contribution in [0.2, 0.25) is 0 Å². The van der Waals surface area contributed by atoms with Crippen LogP contribution in [0, 0.1) is 0 Å². The summed E-state index contributed by atoms with van der Waals surface area (Å²) in [6.07, 6.45) is 5.14. The standard InChI is InChI=1S/C7H12O2/c1-2-3-4-5-7(9)6-8/h4-5,8H,2-3,6H2,1H3. The molecule has 0 spiro atoms. The molecule has 52 valence electrons. The first kappa shape index (κ1) is 8.37. The zero-order valence-corrected chi connectivity index (χ0v) is 5.63. The molecule has 9 heavy (non-hydrogen) atoms. The summed E-state index contributed by atoms with van der Waals surface area (Å²) in [6.45, 7) is 1.66. The van der Waals surface area contributed by atoms with Crippen molar-refractivity contribution in [3.63, 3.8) is 0 Å². The number of aliphatic hydroxyl groups excluding tert-OH is 1. The summed E-state index contributed by atoms with van der Waals surface area (Å²) in [4.78, 5) is 10.3. The van der Waals surface area contributed by atoms with Gasteiger partial charge in [-0.25, -0.2) is 0 Å². The molecule has 0 aromatic rings. The van der Waals surface area contributed by atoms with Crippen LogP contribution in [0.5, 0.6) is 0 Å². The van der Waals surface area contributed by atoms with Gasteiger partial charge in [0.05, 0.1) is 0 Å². The van der Waals surface area contributed by atoms with Crippen molar-refractivity contribution in [1.29, 1.82) is 0 Å². The number of carbonyl (C=O) groups excluding carboxylic acids is 1. The second-order valence-electron chi connectivity index (χ2n) is 1.82. The molecule has 1 N–H and O–H groups in total. The highest BCUT2D eigenvalue weighted by Crippen LogP contribution is 1.87. The Balaban J connectivity index is 3.32. The average molecular weight is 128 g/mol. The number of carbonyl (C=O) groups is 1. The van der Waals surface area contributed by atoms with Gasteiger partial charge in [0, 0.05) is 0 Å². The maximum absolute atomic E-state index is 10.3. The molecule has 0 radical (unpaired) electrons. The molecular weight excluding hydrogens is 116 g/mol. The molecule has 0 rings (SSSR count). The number of hydrogen-bond donors (Lipinski definition) is 1. The molecule has 0 aromatic heterocycles. The van der Waals surface area contributed by atoms with Crippen LogP contribution in [0.15, 0.2) is 12.2 Å². The molecule has 2 heteroatoms. The lowest BCUT2D eigenvalue weighted by Crippen LogP contribution is -1.97. The van der Waals surface area contributed by atoms with Gasteiger partial charge in [-0.3, -0.25) is 4.79 Å². The van der Waals surface area contributed by atoms with E-state index in [-0.39, 0.29) is 12.4 Å². The second-order valence-corrected chi connectivity index (χ2v) is 1.82. The summed E-state index contributed by atoms with van der Waals surface area (Å²) < 4.78 is 0. The van der Waals surface area contributed by atoms with Crippen molar-refractivity contribution in [2.24, 2.45) is 0 Å². The molecule has 0 bridgehead atoms. The van der Waals surface area contributed by atoms with Crippen LogP contribution in [0.1, 0.15) is 19.8 Å². The molecule has 0 aliphatic rings. The highest BCUT2D eigenvalue weighted by Gasteiger charge is 1.87. The van der Waals surface area contributed by atoms with Gasteiger partial charge >= 0.3 is 0 Å². The van der Waals surface area contributed by atoms with E-state index in [1.807, 2.05) is 6.92 Å². The fraction of sp³-hybridized carbons (Fsp3) is 0.571. The Morgan fingerprint density at radius 3 is 2.78 bits per heavy atom. The van der Waals surface area contributed by atoms with Gasteiger partial charge < -0.3 is 5.11 Å². The third kappa shape index (κ3) is 5.24. The van der Waals surface area contributed by atoms with Crippen LogP contribution in [-0.2, 0) is 4.79 Å². The molecule has 0 aromatic carbocycles. The van der Waals surface area contributed by atoms with Crippen LogP contribution in [0.25, 0.3) is 0 Å². The zero-order valence-electron chi connectivity index (χ0n) is 5.63. The topological polar surface area (TPSA) is 37.3 Å². The van der Waals surface area contributed by atoms with Crippen LogP contribution < -0.4 is 0 Å². The zero-order chi connectivity index (χ0) is 7.11. The van der Waals surface area contributed by atoms with Crippen molar-refractivity contribution < 1.29 is 9.90 Å². The Kier molecular flexibility index (Phi) is 5.12. The maximum atomic E-state index is 10.3. The van der Waals surface area contributed by atoms with E-state index in [2.05, 4.69) is 0 Å². The Labute approximate surface area is 55.2 Å². The first-order valence-corrected chi connectivity index (χ1v) is 3.11. The highest BCUT2D eigenvalue weighted by molar-refractivity contribution is 5.90. The highest BCUT2D eigenvalue weighted by atomic mass is 16.3. The Hall–Kier alpha value is -0.630. The SMILES string of the molecule is CCCC=CC(=O)CO. The van der Waals surface area contributed by atoms with Crippen molar-refractivity contribution in [3.05, 3.63) is 12.2 Å². The number of rotatable bonds is 4. The van der Waals surface area contributed by atoms with E-state index in [0.29, 0.717) is 0 Å². The lowest BCUT2D eigenvalue weighted by molar-refractivity contribution is -0.117. The number of unbranched alkanes of at least 4 members (excludes halogenated alkanes) is 1. The summed E-state index contributed by atoms with van der Waals surface area (Å²) in [5.74, 6) is -0.219. The third-order valence-corrected chi connectivity index (χ3v) is 0.915. The van der Waals surface area contributed by atoms with Crippen molar-refractivity contribution in [1.82, 2.24) is 0 Å². The number of allylic oxidation sites excluding steroid dienone is 1. The van der Waals surface area contributed by atoms with Crippen molar-refractivity contribution in [2.75, 3.05) is 6.61 Å². The quantitative estimate of drug-likeness (QED) is 0.571. The van der Waals surface area contributed by atoms with E-state index >= 15 is 0 Å². The Morgan fingerprint density at radius 2 is 2.33 bits per heavy atom. The molecular formula is C7H12O2. The molecule has 0 fully saturated rings. The summed E-state index contributed by atoms with van der Waals surface area (Å²) in [6, 6.07) is 0. The third-order valence-electron chi connectivity index (χ3n) is 0.915. The van der Waals surface area contributed by atoms with E-state index < -0.39 is 0 Å². The molecule has 0 aliphatic carbocycles. The van der Waals surface area contributed by atoms with E-state index in [9.17, 15) is 4.79 Å². The maximum Gasteiger partial charge on any atom is 0.180 e. The average Bonchev–Trinajstić information content (AvgIpc) is 1.89. The van der Waals surface area contributed by atoms with Gasteiger partial charge in [-0.2, -0.15) is 0 Å². The van der Waals surface area contributed by atoms with Gasteiger partial charge in [-0.05, 0) is 12.5 Å². The van der Waals surface area contributed by atoms with Gasteiger partial charge in [0.25, 0.3) is 0 Å². The fourth-order valence-corrected chi connectivity index (χ4v) is 0.434. The molecule has 0 unspecified atom stereocenters. The van der Waals surface area contributed by atoms with Gasteiger partial charge in [0.15, 0.2) is 5.78 Å². The van der Waals surface area contributed by atoms with Gasteiger partial charge in [-0.1, -0.05) is 19.4 Å². The lowest BCUT2D eigenvalue weighted by Gasteiger charge is -1.83. The minimum Gasteiger partial charge on any atom is -0.388 e. The summed E-state index contributed by atoms with van der Waals surface area (Å²) >= 11 is 0. The van der Waals surface area contributed by atoms with Crippen molar-refractivity contribution in [2.45, 2.75) is 19.8 Å². The predicted molar refractivity (Wildman–Crippen MR) is 36.1 cm³/mol. The molecule has 0 amide bonds. The van der Waals surface area contributed by atoms with Crippen LogP contribution in [0.4, 0.5) is 0 Å². The van der Waals surface area contributed by atoms with E-state index in [0.717, 1.165) is 12.8 Å². The van der Waals surface area contributed by atoms with E-state index in [4.69, 9.17) is 5.11 Å². The van der Waals surface area contributed by atoms with Crippen LogP contribution in [0.3, 0.4) is 0 Å². The minimum atomic E-state index is -0.375. The largest absolute Gasteiger partial charge is 0.388 e. The summed E-state index contributed by atoms with van der Waals surface area (Å²) in [5.41, 5.74) is 0. The molecule has 2 nitrogen and oxygen atoms in total. The normalized spacial score (nSPS) is 10.4. The number of aliphatic hydroxyl groups is 1. The first-order valence-electron chi connectivity index (χ1n) is 3.11. The van der Waals surface area contributed by atoms with Gasteiger partial charge in [0.1, 0.15) is 6.61 Å². The number of ketones is 1. The predicted octanol–water partition coefficient (Wildman–Crippen LogP) is 0.904. The molecule has 0 saturated carbocycles. The molecule has 0 saturated heterocycles. The first-order chi connectivity index (χ1) is 4.31. The second kappa shape index (κ2) is 5.51. The molecule has 0 aliphatic heterocycles. The van der Waals surface area contributed by atoms with Gasteiger partial charge in [0.2, 0.25) is 0 Å². The van der Waals surface area contributed by atoms with Crippen molar-refractivity contribution >= 4 is 5.78 Å².